The summed E-state index contributed by atoms with van der Waals surface area (Å²) in [5.41, 5.74) is 1.91. The fourth-order valence-corrected chi connectivity index (χ4v) is 2.34. The number of anilines is 1. The molecule has 0 radical (unpaired) electrons. The summed E-state index contributed by atoms with van der Waals surface area (Å²) in [5, 5.41) is 3.39. The van der Waals surface area contributed by atoms with Gasteiger partial charge >= 0.3 is 0 Å². The molecule has 1 aromatic carbocycles. The van der Waals surface area contributed by atoms with E-state index in [1.807, 2.05) is 18.2 Å². The maximum atomic E-state index is 5.90. The van der Waals surface area contributed by atoms with Gasteiger partial charge < -0.3 is 29.0 Å². The molecule has 1 aliphatic heterocycles. The van der Waals surface area contributed by atoms with Crippen LogP contribution in [0.15, 0.2) is 30.5 Å². The number of fused-ring (bicyclic) bond motifs is 1. The standard InChI is InChI=1S/C21H33NO5/c1-5-21(3,4)17(2)22-18-6-7-19-20(16-18)27-15-13-25-11-9-23-8-10-24-12-14-26-19/h6-7,16,22H,2,5,8-15H2,1,3-4H3. The molecular weight excluding hydrogens is 346 g/mol. The van der Waals surface area contributed by atoms with Crippen molar-refractivity contribution in [1.82, 2.24) is 0 Å². The number of benzene rings is 1. The lowest BCUT2D eigenvalue weighted by Crippen LogP contribution is -2.18. The number of hydrogen-bond acceptors (Lipinski definition) is 6. The molecule has 152 valence electrons. The Morgan fingerprint density at radius 3 is 1.96 bits per heavy atom. The fourth-order valence-electron chi connectivity index (χ4n) is 2.34. The summed E-state index contributed by atoms with van der Waals surface area (Å²) in [6.07, 6.45) is 1.00. The van der Waals surface area contributed by atoms with Crippen molar-refractivity contribution in [1.29, 1.82) is 0 Å². The van der Waals surface area contributed by atoms with Crippen LogP contribution in [0.4, 0.5) is 5.69 Å². The quantitative estimate of drug-likeness (QED) is 0.857. The van der Waals surface area contributed by atoms with Crippen molar-refractivity contribution in [2.24, 2.45) is 5.41 Å². The largest absolute Gasteiger partial charge is 0.487 e. The number of nitrogens with one attached hydrogen (secondary N) is 1. The van der Waals surface area contributed by atoms with Gasteiger partial charge in [0, 0.05) is 22.9 Å². The van der Waals surface area contributed by atoms with Crippen LogP contribution in [0, 0.1) is 5.41 Å². The van der Waals surface area contributed by atoms with Crippen molar-refractivity contribution in [2.75, 3.05) is 58.2 Å². The maximum Gasteiger partial charge on any atom is 0.163 e. The molecule has 0 amide bonds. The average Bonchev–Trinajstić information content (AvgIpc) is 2.67. The zero-order chi connectivity index (χ0) is 19.5. The van der Waals surface area contributed by atoms with Gasteiger partial charge in [-0.25, -0.2) is 0 Å². The minimum Gasteiger partial charge on any atom is -0.487 e. The molecular formula is C21H33NO5. The average molecular weight is 379 g/mol. The Morgan fingerprint density at radius 2 is 1.41 bits per heavy atom. The van der Waals surface area contributed by atoms with Crippen molar-refractivity contribution >= 4 is 5.69 Å². The van der Waals surface area contributed by atoms with Crippen LogP contribution in [0.1, 0.15) is 27.2 Å². The second kappa shape index (κ2) is 11.2. The lowest BCUT2D eigenvalue weighted by molar-refractivity contribution is 0.00708. The van der Waals surface area contributed by atoms with E-state index in [4.69, 9.17) is 23.7 Å². The summed E-state index contributed by atoms with van der Waals surface area (Å²) >= 11 is 0. The van der Waals surface area contributed by atoms with Crippen LogP contribution in [0.5, 0.6) is 11.5 Å². The van der Waals surface area contributed by atoms with E-state index in [1.165, 1.54) is 0 Å². The SMILES string of the molecule is C=C(Nc1ccc2c(c1)OCCOCCOCCOCCO2)C(C)(C)CC. The number of hydrogen-bond donors (Lipinski definition) is 1. The van der Waals surface area contributed by atoms with Gasteiger partial charge in [0.2, 0.25) is 0 Å². The highest BCUT2D eigenvalue weighted by atomic mass is 16.6. The molecule has 0 saturated heterocycles. The second-order valence-corrected chi connectivity index (χ2v) is 7.04. The molecule has 0 spiro atoms. The number of allylic oxidation sites excluding steroid dienone is 1. The minimum absolute atomic E-state index is 0.00963. The van der Waals surface area contributed by atoms with Crippen molar-refractivity contribution in [2.45, 2.75) is 27.2 Å². The lowest BCUT2D eigenvalue weighted by atomic mass is 9.87. The highest BCUT2D eigenvalue weighted by Crippen LogP contribution is 2.34. The molecule has 6 nitrogen and oxygen atoms in total. The first-order chi connectivity index (χ1) is 13.0. The van der Waals surface area contributed by atoms with Crippen molar-refractivity contribution in [3.63, 3.8) is 0 Å². The molecule has 0 aromatic heterocycles. The van der Waals surface area contributed by atoms with E-state index in [2.05, 4.69) is 32.7 Å². The van der Waals surface area contributed by atoms with Gasteiger partial charge in [-0.15, -0.1) is 0 Å². The highest BCUT2D eigenvalue weighted by Gasteiger charge is 2.19. The van der Waals surface area contributed by atoms with Crippen LogP contribution < -0.4 is 14.8 Å². The van der Waals surface area contributed by atoms with E-state index in [-0.39, 0.29) is 5.41 Å². The van der Waals surface area contributed by atoms with Crippen LogP contribution in [0.25, 0.3) is 0 Å². The molecule has 1 heterocycles. The van der Waals surface area contributed by atoms with E-state index < -0.39 is 0 Å². The maximum absolute atomic E-state index is 5.90. The van der Waals surface area contributed by atoms with Crippen LogP contribution >= 0.6 is 0 Å². The summed E-state index contributed by atoms with van der Waals surface area (Å²) < 4.78 is 28.2. The molecule has 0 bridgehead atoms. The van der Waals surface area contributed by atoms with Gasteiger partial charge in [0.1, 0.15) is 13.2 Å². The van der Waals surface area contributed by atoms with Gasteiger partial charge in [0.05, 0.1) is 39.6 Å². The zero-order valence-electron chi connectivity index (χ0n) is 16.8. The third-order valence-corrected chi connectivity index (χ3v) is 4.65. The Morgan fingerprint density at radius 1 is 0.889 bits per heavy atom. The monoisotopic (exact) mass is 379 g/mol. The molecule has 0 aliphatic carbocycles. The topological polar surface area (TPSA) is 58.2 Å². The highest BCUT2D eigenvalue weighted by molar-refractivity contribution is 5.57. The van der Waals surface area contributed by atoms with E-state index in [1.54, 1.807) is 0 Å². The molecule has 1 aliphatic rings. The Kier molecular flexibility index (Phi) is 8.91. The van der Waals surface area contributed by atoms with Crippen LogP contribution in [0.2, 0.25) is 0 Å². The molecule has 0 unspecified atom stereocenters. The van der Waals surface area contributed by atoms with Gasteiger partial charge in [-0.05, 0) is 18.6 Å². The first-order valence-electron chi connectivity index (χ1n) is 9.62. The molecule has 27 heavy (non-hydrogen) atoms. The Hall–Kier alpha value is -1.76. The molecule has 1 aromatic rings. The van der Waals surface area contributed by atoms with Gasteiger partial charge in [-0.1, -0.05) is 27.4 Å². The summed E-state index contributed by atoms with van der Waals surface area (Å²) in [6.45, 7) is 14.8. The summed E-state index contributed by atoms with van der Waals surface area (Å²) in [5.74, 6) is 1.37. The third kappa shape index (κ3) is 7.40. The lowest BCUT2D eigenvalue weighted by Gasteiger charge is -2.27. The van der Waals surface area contributed by atoms with Gasteiger partial charge in [-0.2, -0.15) is 0 Å². The molecule has 2 rings (SSSR count). The van der Waals surface area contributed by atoms with Crippen molar-refractivity contribution in [3.05, 3.63) is 30.5 Å². The smallest absolute Gasteiger partial charge is 0.163 e. The predicted octanol–water partition coefficient (Wildman–Crippen LogP) is 3.87. The summed E-state index contributed by atoms with van der Waals surface area (Å²) in [7, 11) is 0. The molecule has 1 N–H and O–H groups in total. The first-order valence-corrected chi connectivity index (χ1v) is 9.62. The Balaban J connectivity index is 2.05. The Labute approximate surface area is 162 Å². The molecule has 0 fully saturated rings. The van der Waals surface area contributed by atoms with Crippen LogP contribution in [0.3, 0.4) is 0 Å². The second-order valence-electron chi connectivity index (χ2n) is 7.04. The summed E-state index contributed by atoms with van der Waals surface area (Å²) in [4.78, 5) is 0. The van der Waals surface area contributed by atoms with E-state index >= 15 is 0 Å². The Bertz CT molecular complexity index is 588. The van der Waals surface area contributed by atoms with Gasteiger partial charge in [-0.3, -0.25) is 0 Å². The molecule has 0 atom stereocenters. The normalized spacial score (nSPS) is 17.4. The van der Waals surface area contributed by atoms with Gasteiger partial charge in [0.15, 0.2) is 11.5 Å². The van der Waals surface area contributed by atoms with E-state index in [9.17, 15) is 0 Å². The van der Waals surface area contributed by atoms with E-state index in [0.717, 1.165) is 17.8 Å². The zero-order valence-corrected chi connectivity index (χ0v) is 16.8. The third-order valence-electron chi connectivity index (χ3n) is 4.65. The van der Waals surface area contributed by atoms with E-state index in [0.29, 0.717) is 64.4 Å². The van der Waals surface area contributed by atoms with Crippen LogP contribution in [-0.2, 0) is 14.2 Å². The van der Waals surface area contributed by atoms with Gasteiger partial charge in [0.25, 0.3) is 0 Å². The molecule has 6 heteroatoms. The van der Waals surface area contributed by atoms with Crippen LogP contribution in [-0.4, -0.2) is 52.9 Å². The first kappa shape index (κ1) is 21.5. The minimum atomic E-state index is 0.00963. The number of rotatable bonds is 4. The molecule has 0 saturated carbocycles. The van der Waals surface area contributed by atoms with Crippen molar-refractivity contribution < 1.29 is 23.7 Å². The van der Waals surface area contributed by atoms with Crippen molar-refractivity contribution in [3.8, 4) is 11.5 Å². The summed E-state index contributed by atoms with van der Waals surface area (Å²) in [6, 6.07) is 5.82. The predicted molar refractivity (Wildman–Crippen MR) is 107 cm³/mol. The number of ether oxygens (including phenoxy) is 5. The fraction of sp³-hybridized carbons (Fsp3) is 0.619.